The molecule has 0 bridgehead atoms. The minimum atomic E-state index is -0.512. The lowest BCUT2D eigenvalue weighted by molar-refractivity contribution is -0.0508. The van der Waals surface area contributed by atoms with Crippen LogP contribution >= 0.6 is 0 Å². The summed E-state index contributed by atoms with van der Waals surface area (Å²) in [6.07, 6.45) is 6.50. The average molecular weight is 303 g/mol. The molecule has 0 amide bonds. The van der Waals surface area contributed by atoms with E-state index >= 15 is 0 Å². The van der Waals surface area contributed by atoms with Gasteiger partial charge in [0, 0.05) is 26.3 Å². The molecule has 0 aromatic heterocycles. The van der Waals surface area contributed by atoms with Crippen LogP contribution in [0.2, 0.25) is 0 Å². The van der Waals surface area contributed by atoms with E-state index in [1.807, 2.05) is 0 Å². The van der Waals surface area contributed by atoms with Crippen molar-refractivity contribution in [1.29, 1.82) is 0 Å². The lowest BCUT2D eigenvalue weighted by Gasteiger charge is -2.31. The minimum absolute atomic E-state index is 0.0766. The van der Waals surface area contributed by atoms with E-state index in [9.17, 15) is 5.11 Å². The fourth-order valence-corrected chi connectivity index (χ4v) is 3.06. The van der Waals surface area contributed by atoms with Gasteiger partial charge in [-0.25, -0.2) is 0 Å². The van der Waals surface area contributed by atoms with E-state index in [1.54, 1.807) is 7.11 Å². The number of rotatable bonds is 11. The highest BCUT2D eigenvalue weighted by Crippen LogP contribution is 2.29. The van der Waals surface area contributed by atoms with E-state index in [0.717, 1.165) is 12.8 Å². The third kappa shape index (κ3) is 7.56. The summed E-state index contributed by atoms with van der Waals surface area (Å²) < 4.78 is 11.0. The summed E-state index contributed by atoms with van der Waals surface area (Å²) in [6, 6.07) is 0.0766. The molecule has 0 aromatic carbocycles. The predicted octanol–water partition coefficient (Wildman–Crippen LogP) is 1.32. The van der Waals surface area contributed by atoms with E-state index in [1.165, 1.54) is 19.3 Å². The fourth-order valence-electron chi connectivity index (χ4n) is 3.06. The molecule has 0 aliphatic heterocycles. The van der Waals surface area contributed by atoms with Gasteiger partial charge in [0.2, 0.25) is 0 Å². The van der Waals surface area contributed by atoms with Crippen molar-refractivity contribution in [2.75, 3.05) is 33.5 Å². The molecule has 1 aliphatic rings. The highest BCUT2D eigenvalue weighted by Gasteiger charge is 2.25. The maximum absolute atomic E-state index is 10.0. The van der Waals surface area contributed by atoms with Crippen LogP contribution in [0.25, 0.3) is 0 Å². The van der Waals surface area contributed by atoms with Gasteiger partial charge in [-0.3, -0.25) is 0 Å². The minimum Gasteiger partial charge on any atom is -0.396 e. The highest BCUT2D eigenvalue weighted by molar-refractivity contribution is 4.76. The molecule has 0 aromatic rings. The number of ether oxygens (including phenoxy) is 2. The Bertz CT molecular complexity index is 246. The maximum atomic E-state index is 10.0. The Morgan fingerprint density at radius 2 is 2.00 bits per heavy atom. The lowest BCUT2D eigenvalue weighted by atomic mass is 9.85. The summed E-state index contributed by atoms with van der Waals surface area (Å²) in [5.74, 6) is 0.648. The molecule has 4 atom stereocenters. The van der Waals surface area contributed by atoms with Crippen molar-refractivity contribution < 1.29 is 19.7 Å². The van der Waals surface area contributed by atoms with Crippen LogP contribution < -0.4 is 5.32 Å². The van der Waals surface area contributed by atoms with E-state index < -0.39 is 6.10 Å². The molecule has 0 heterocycles. The van der Waals surface area contributed by atoms with Gasteiger partial charge >= 0.3 is 0 Å². The van der Waals surface area contributed by atoms with Crippen LogP contribution in [0.15, 0.2) is 0 Å². The molecule has 1 rings (SSSR count). The molecule has 0 radical (unpaired) electrons. The van der Waals surface area contributed by atoms with Crippen LogP contribution in [0.1, 0.15) is 45.4 Å². The van der Waals surface area contributed by atoms with E-state index in [0.29, 0.717) is 38.2 Å². The van der Waals surface area contributed by atoms with Gasteiger partial charge in [-0.05, 0) is 25.2 Å². The van der Waals surface area contributed by atoms with Crippen LogP contribution in [0, 0.1) is 5.92 Å². The fraction of sp³-hybridized carbons (Fsp3) is 1.00. The van der Waals surface area contributed by atoms with Crippen molar-refractivity contribution in [3.8, 4) is 0 Å². The van der Waals surface area contributed by atoms with Gasteiger partial charge in [0.05, 0.1) is 25.4 Å². The molecule has 126 valence electrons. The van der Waals surface area contributed by atoms with Crippen LogP contribution in [-0.4, -0.2) is 61.9 Å². The number of hydrogen-bond acceptors (Lipinski definition) is 5. The Kier molecular flexibility index (Phi) is 10.2. The Morgan fingerprint density at radius 3 is 2.67 bits per heavy atom. The SMILES string of the molecule is CCC1CCCCC1OCC(O)CNC(CCO)COC. The molecule has 21 heavy (non-hydrogen) atoms. The number of methoxy groups -OCH3 is 1. The summed E-state index contributed by atoms with van der Waals surface area (Å²) in [7, 11) is 1.64. The molecule has 4 unspecified atom stereocenters. The van der Waals surface area contributed by atoms with Crippen molar-refractivity contribution in [1.82, 2.24) is 5.32 Å². The Balaban J connectivity index is 2.21. The van der Waals surface area contributed by atoms with Crippen LogP contribution in [0.3, 0.4) is 0 Å². The zero-order valence-electron chi connectivity index (χ0n) is 13.6. The molecule has 5 heteroatoms. The molecule has 1 fully saturated rings. The van der Waals surface area contributed by atoms with Gasteiger partial charge in [0.15, 0.2) is 0 Å². The molecule has 1 aliphatic carbocycles. The number of nitrogens with one attached hydrogen (secondary N) is 1. The van der Waals surface area contributed by atoms with Gasteiger partial charge in [-0.1, -0.05) is 26.2 Å². The zero-order valence-corrected chi connectivity index (χ0v) is 13.6. The second-order valence-corrected chi connectivity index (χ2v) is 6.05. The second kappa shape index (κ2) is 11.4. The first-order valence-electron chi connectivity index (χ1n) is 8.34. The number of aliphatic hydroxyl groups excluding tert-OH is 2. The summed E-state index contributed by atoms with van der Waals surface area (Å²) in [4.78, 5) is 0. The average Bonchev–Trinajstić information content (AvgIpc) is 2.51. The zero-order chi connectivity index (χ0) is 15.5. The maximum Gasteiger partial charge on any atom is 0.0897 e. The lowest BCUT2D eigenvalue weighted by Crippen LogP contribution is -2.41. The molecule has 0 spiro atoms. The van der Waals surface area contributed by atoms with E-state index in [-0.39, 0.29) is 12.6 Å². The second-order valence-electron chi connectivity index (χ2n) is 6.05. The first-order valence-corrected chi connectivity index (χ1v) is 8.34. The van der Waals surface area contributed by atoms with E-state index in [2.05, 4.69) is 12.2 Å². The summed E-state index contributed by atoms with van der Waals surface area (Å²) in [6.45, 7) is 3.72. The van der Waals surface area contributed by atoms with Crippen molar-refractivity contribution in [2.45, 2.75) is 63.7 Å². The van der Waals surface area contributed by atoms with Crippen LogP contribution in [0.5, 0.6) is 0 Å². The van der Waals surface area contributed by atoms with Gasteiger partial charge in [-0.2, -0.15) is 0 Å². The summed E-state index contributed by atoms with van der Waals surface area (Å²) in [5.41, 5.74) is 0. The summed E-state index contributed by atoms with van der Waals surface area (Å²) >= 11 is 0. The quantitative estimate of drug-likeness (QED) is 0.537. The highest BCUT2D eigenvalue weighted by atomic mass is 16.5. The van der Waals surface area contributed by atoms with Crippen LogP contribution in [0.4, 0.5) is 0 Å². The van der Waals surface area contributed by atoms with Crippen molar-refractivity contribution in [3.05, 3.63) is 0 Å². The van der Waals surface area contributed by atoms with Crippen molar-refractivity contribution >= 4 is 0 Å². The van der Waals surface area contributed by atoms with Crippen molar-refractivity contribution in [2.24, 2.45) is 5.92 Å². The van der Waals surface area contributed by atoms with Gasteiger partial charge in [0.25, 0.3) is 0 Å². The Morgan fingerprint density at radius 1 is 1.24 bits per heavy atom. The van der Waals surface area contributed by atoms with Crippen LogP contribution in [-0.2, 0) is 9.47 Å². The molecule has 0 saturated heterocycles. The van der Waals surface area contributed by atoms with E-state index in [4.69, 9.17) is 14.6 Å². The first-order chi connectivity index (χ1) is 10.2. The molecule has 5 nitrogen and oxygen atoms in total. The smallest absolute Gasteiger partial charge is 0.0897 e. The largest absolute Gasteiger partial charge is 0.396 e. The van der Waals surface area contributed by atoms with Gasteiger partial charge in [0.1, 0.15) is 0 Å². The Hall–Kier alpha value is -0.200. The predicted molar refractivity (Wildman–Crippen MR) is 83.4 cm³/mol. The third-order valence-electron chi connectivity index (χ3n) is 4.35. The third-order valence-corrected chi connectivity index (χ3v) is 4.35. The standard InChI is InChI=1S/C16H33NO4/c1-3-13-6-4-5-7-16(13)21-12-15(19)10-17-14(8-9-18)11-20-2/h13-19H,3-12H2,1-2H3. The van der Waals surface area contributed by atoms with Gasteiger partial charge < -0.3 is 25.0 Å². The number of hydrogen-bond donors (Lipinski definition) is 3. The monoisotopic (exact) mass is 303 g/mol. The summed E-state index contributed by atoms with van der Waals surface area (Å²) in [5, 5.41) is 22.2. The Labute approximate surface area is 129 Å². The topological polar surface area (TPSA) is 71.0 Å². The first kappa shape index (κ1) is 18.8. The molecule has 3 N–H and O–H groups in total. The van der Waals surface area contributed by atoms with Crippen molar-refractivity contribution in [3.63, 3.8) is 0 Å². The number of aliphatic hydroxyl groups is 2. The van der Waals surface area contributed by atoms with Gasteiger partial charge in [-0.15, -0.1) is 0 Å². The molecular formula is C16H33NO4. The molecular weight excluding hydrogens is 270 g/mol. The normalized spacial score (nSPS) is 25.7. The molecule has 1 saturated carbocycles.